The second-order valence-corrected chi connectivity index (χ2v) is 11.3. The summed E-state index contributed by atoms with van der Waals surface area (Å²) in [4.78, 5) is 32.3. The van der Waals surface area contributed by atoms with Gasteiger partial charge in [0, 0.05) is 80.2 Å². The van der Waals surface area contributed by atoms with Crippen LogP contribution in [0.25, 0.3) is 0 Å². The number of ether oxygens (including phenoxy) is 3. The van der Waals surface area contributed by atoms with Crippen molar-refractivity contribution in [1.29, 1.82) is 0 Å². The second-order valence-electron chi connectivity index (χ2n) is 11.3. The minimum atomic E-state index is -0.0283. The highest BCUT2D eigenvalue weighted by Crippen LogP contribution is 2.22. The molecule has 39 heavy (non-hydrogen) atoms. The number of ketones is 3. The van der Waals surface area contributed by atoms with Gasteiger partial charge in [-0.1, -0.05) is 20.8 Å². The number of aliphatic hydroxyl groups excluding tert-OH is 3. The van der Waals surface area contributed by atoms with Gasteiger partial charge in [0.05, 0.1) is 0 Å². The predicted octanol–water partition coefficient (Wildman–Crippen LogP) is 3.74. The van der Waals surface area contributed by atoms with Crippen LogP contribution in [0.1, 0.15) is 80.1 Å². The maximum Gasteiger partial charge on any atom is 0.130 e. The zero-order valence-electron chi connectivity index (χ0n) is 26.2. The molecule has 0 aliphatic heterocycles. The van der Waals surface area contributed by atoms with Crippen LogP contribution >= 0.6 is 0 Å². The summed E-state index contributed by atoms with van der Waals surface area (Å²) in [5.74, 6) is 1.83. The molecule has 0 aliphatic carbocycles. The van der Waals surface area contributed by atoms with Crippen molar-refractivity contribution >= 4 is 17.3 Å². The van der Waals surface area contributed by atoms with Crippen molar-refractivity contribution in [2.45, 2.75) is 80.1 Å². The van der Waals surface area contributed by atoms with Crippen LogP contribution in [-0.2, 0) is 28.6 Å². The Labute approximate surface area is 238 Å². The normalized spacial score (nSPS) is 15.4. The number of hydrogen-bond donors (Lipinski definition) is 3. The molecule has 234 valence electrons. The smallest absolute Gasteiger partial charge is 0.130 e. The van der Waals surface area contributed by atoms with Crippen LogP contribution in [0, 0.1) is 35.5 Å². The number of Topliss-reactive ketones (excluding diaryl/α,β-unsaturated/α-hetero) is 3. The molecule has 0 rings (SSSR count). The van der Waals surface area contributed by atoms with Crippen LogP contribution in [0.3, 0.4) is 0 Å². The van der Waals surface area contributed by atoms with Gasteiger partial charge in [0.1, 0.15) is 17.3 Å². The van der Waals surface area contributed by atoms with E-state index >= 15 is 0 Å². The van der Waals surface area contributed by atoms with Crippen molar-refractivity contribution in [2.24, 2.45) is 35.5 Å². The monoisotopic (exact) mass is 564 g/mol. The van der Waals surface area contributed by atoms with Gasteiger partial charge in [-0.25, -0.2) is 0 Å². The first kappa shape index (κ1) is 42.2. The summed E-state index contributed by atoms with van der Waals surface area (Å²) in [7, 11) is 4.97. The molecular formula is C30H60O9. The summed E-state index contributed by atoms with van der Waals surface area (Å²) < 4.78 is 14.9. The van der Waals surface area contributed by atoms with E-state index in [1.165, 1.54) is 6.92 Å². The molecule has 0 aromatic rings. The van der Waals surface area contributed by atoms with Crippen LogP contribution in [0.4, 0.5) is 0 Å². The highest BCUT2D eigenvalue weighted by atomic mass is 16.5. The van der Waals surface area contributed by atoms with Crippen LogP contribution in [0.2, 0.25) is 0 Å². The lowest BCUT2D eigenvalue weighted by Crippen LogP contribution is -2.20. The van der Waals surface area contributed by atoms with Gasteiger partial charge in [-0.3, -0.25) is 0 Å². The van der Waals surface area contributed by atoms with Gasteiger partial charge in [0.25, 0.3) is 0 Å². The fraction of sp³-hybridized carbons (Fsp3) is 0.900. The van der Waals surface area contributed by atoms with Crippen molar-refractivity contribution in [3.8, 4) is 0 Å². The molecule has 9 heteroatoms. The number of hydrogen-bond acceptors (Lipinski definition) is 9. The second kappa shape index (κ2) is 28.3. The van der Waals surface area contributed by atoms with E-state index in [0.717, 1.165) is 12.8 Å². The van der Waals surface area contributed by atoms with Gasteiger partial charge in [-0.05, 0) is 75.5 Å². The molecule has 3 N–H and O–H groups in total. The molecule has 0 bridgehead atoms. The Morgan fingerprint density at radius 2 is 0.821 bits per heavy atom. The first-order chi connectivity index (χ1) is 18.3. The molecule has 0 fully saturated rings. The minimum Gasteiger partial charge on any atom is -0.396 e. The average Bonchev–Trinajstić information content (AvgIpc) is 2.82. The average molecular weight is 565 g/mol. The van der Waals surface area contributed by atoms with E-state index in [-0.39, 0.29) is 54.9 Å². The number of carbonyl (C=O) groups is 3. The third-order valence-corrected chi connectivity index (χ3v) is 6.05. The maximum absolute atomic E-state index is 11.0. The Morgan fingerprint density at radius 3 is 1.13 bits per heavy atom. The molecule has 6 unspecified atom stereocenters. The van der Waals surface area contributed by atoms with Gasteiger partial charge in [-0.15, -0.1) is 0 Å². The van der Waals surface area contributed by atoms with Crippen molar-refractivity contribution in [3.05, 3.63) is 0 Å². The fourth-order valence-electron chi connectivity index (χ4n) is 4.65. The molecule has 0 heterocycles. The van der Waals surface area contributed by atoms with E-state index < -0.39 is 0 Å². The van der Waals surface area contributed by atoms with Crippen molar-refractivity contribution < 1.29 is 43.9 Å². The molecular weight excluding hydrogens is 504 g/mol. The summed E-state index contributed by atoms with van der Waals surface area (Å²) in [5, 5.41) is 27.5. The van der Waals surface area contributed by atoms with E-state index in [1.807, 2.05) is 6.92 Å². The maximum atomic E-state index is 11.0. The van der Waals surface area contributed by atoms with Crippen LogP contribution in [-0.4, -0.2) is 93.6 Å². The third kappa shape index (κ3) is 31.2. The summed E-state index contributed by atoms with van der Waals surface area (Å²) in [5.41, 5.74) is 0. The lowest BCUT2D eigenvalue weighted by molar-refractivity contribution is -0.119. The van der Waals surface area contributed by atoms with E-state index in [2.05, 4.69) is 13.8 Å². The molecule has 0 aliphatic rings. The lowest BCUT2D eigenvalue weighted by Gasteiger charge is -2.22. The van der Waals surface area contributed by atoms with Gasteiger partial charge in [-0.2, -0.15) is 0 Å². The first-order valence-electron chi connectivity index (χ1n) is 14.1. The minimum absolute atomic E-state index is 0.00867. The van der Waals surface area contributed by atoms with Gasteiger partial charge >= 0.3 is 0 Å². The number of carbonyl (C=O) groups excluding carboxylic acids is 3. The molecule has 0 saturated heterocycles. The Balaban J connectivity index is -0.000000524. The van der Waals surface area contributed by atoms with Crippen LogP contribution in [0.15, 0.2) is 0 Å². The van der Waals surface area contributed by atoms with E-state index in [0.29, 0.717) is 63.3 Å². The SMILES string of the molecule is COCC(C)CC(C)=O.COCC(C)CC(CO)CC(C)=O.COCC(C)CC(CO)CC(CO)CC(C)=O. The topological polar surface area (TPSA) is 140 Å². The Morgan fingerprint density at radius 1 is 0.513 bits per heavy atom. The van der Waals surface area contributed by atoms with E-state index in [1.54, 1.807) is 35.2 Å². The highest BCUT2D eigenvalue weighted by Gasteiger charge is 2.19. The molecule has 0 saturated carbocycles. The molecule has 9 nitrogen and oxygen atoms in total. The van der Waals surface area contributed by atoms with Gasteiger partial charge in [0.15, 0.2) is 0 Å². The van der Waals surface area contributed by atoms with Crippen LogP contribution < -0.4 is 0 Å². The van der Waals surface area contributed by atoms with Crippen LogP contribution in [0.5, 0.6) is 0 Å². The van der Waals surface area contributed by atoms with E-state index in [4.69, 9.17) is 19.3 Å². The number of aliphatic hydroxyl groups is 3. The fourth-order valence-corrected chi connectivity index (χ4v) is 4.65. The summed E-state index contributed by atoms with van der Waals surface area (Å²) in [6.07, 6.45) is 3.91. The first-order valence-corrected chi connectivity index (χ1v) is 14.1. The standard InChI is InChI=1S/C13H26O4.C10H20O3.C7H14O2/c1-10(9-17-3)4-12(7-14)6-13(8-15)5-11(2)16;1-8(7-13-3)4-10(6-11)5-9(2)12;1-6(5-9-3)4-7(2)8/h10,12-15H,4-9H2,1-3H3;8,10-11H,4-7H2,1-3H3;6H,4-5H2,1-3H3. The predicted molar refractivity (Wildman–Crippen MR) is 155 cm³/mol. The summed E-state index contributed by atoms with van der Waals surface area (Å²) in [6, 6.07) is 0. The van der Waals surface area contributed by atoms with Crippen molar-refractivity contribution in [1.82, 2.24) is 0 Å². The third-order valence-electron chi connectivity index (χ3n) is 6.05. The molecule has 0 radical (unpaired) electrons. The Hall–Kier alpha value is -1.23. The van der Waals surface area contributed by atoms with Gasteiger partial charge < -0.3 is 43.9 Å². The lowest BCUT2D eigenvalue weighted by atomic mass is 9.86. The number of methoxy groups -OCH3 is 3. The zero-order valence-corrected chi connectivity index (χ0v) is 26.2. The van der Waals surface area contributed by atoms with Crippen molar-refractivity contribution in [2.75, 3.05) is 61.0 Å². The molecule has 0 amide bonds. The Bertz CT molecular complexity index is 597. The summed E-state index contributed by atoms with van der Waals surface area (Å²) in [6.45, 7) is 13.1. The quantitative estimate of drug-likeness (QED) is 0.190. The summed E-state index contributed by atoms with van der Waals surface area (Å²) >= 11 is 0. The molecule has 0 spiro atoms. The zero-order chi connectivity index (χ0) is 30.8. The van der Waals surface area contributed by atoms with Crippen molar-refractivity contribution in [3.63, 3.8) is 0 Å². The molecule has 6 atom stereocenters. The molecule has 0 aromatic carbocycles. The molecule has 0 aromatic heterocycles. The van der Waals surface area contributed by atoms with E-state index in [9.17, 15) is 24.6 Å². The highest BCUT2D eigenvalue weighted by molar-refractivity contribution is 5.76. The Kier molecular flexibility index (Phi) is 30.7. The number of rotatable bonds is 21. The largest absolute Gasteiger partial charge is 0.396 e. The van der Waals surface area contributed by atoms with Gasteiger partial charge in [0.2, 0.25) is 0 Å².